The van der Waals surface area contributed by atoms with Crippen molar-refractivity contribution < 1.29 is 14.1 Å². The fourth-order valence-corrected chi connectivity index (χ4v) is 2.72. The van der Waals surface area contributed by atoms with E-state index in [0.717, 1.165) is 12.0 Å². The van der Waals surface area contributed by atoms with Gasteiger partial charge >= 0.3 is 0 Å². The van der Waals surface area contributed by atoms with Crippen LogP contribution in [0.25, 0.3) is 11.4 Å². The van der Waals surface area contributed by atoms with E-state index in [9.17, 15) is 9.59 Å². The number of rotatable bonds is 8. The smallest absolute Gasteiger partial charge is 0.251 e. The van der Waals surface area contributed by atoms with Gasteiger partial charge < -0.3 is 15.2 Å². The topological polar surface area (TPSA) is 97.1 Å². The van der Waals surface area contributed by atoms with E-state index in [0.29, 0.717) is 41.0 Å². The molecule has 0 bridgehead atoms. The van der Waals surface area contributed by atoms with E-state index in [2.05, 4.69) is 20.8 Å². The highest BCUT2D eigenvalue weighted by Gasteiger charge is 2.12. The lowest BCUT2D eigenvalue weighted by Crippen LogP contribution is -2.24. The van der Waals surface area contributed by atoms with Crippen molar-refractivity contribution in [2.75, 3.05) is 11.9 Å². The molecular weight excluding hydrogens is 392 g/mol. The minimum Gasteiger partial charge on any atom is -0.352 e. The highest BCUT2D eigenvalue weighted by Crippen LogP contribution is 2.19. The quantitative estimate of drug-likeness (QED) is 0.580. The van der Waals surface area contributed by atoms with Crippen LogP contribution >= 0.6 is 11.6 Å². The van der Waals surface area contributed by atoms with Gasteiger partial charge in [-0.15, -0.1) is 0 Å². The second-order valence-corrected chi connectivity index (χ2v) is 6.84. The average Bonchev–Trinajstić information content (AvgIpc) is 3.20. The van der Waals surface area contributed by atoms with Crippen LogP contribution < -0.4 is 10.6 Å². The molecule has 1 heterocycles. The molecule has 2 amide bonds. The Bertz CT molecular complexity index is 986. The van der Waals surface area contributed by atoms with Gasteiger partial charge in [0.1, 0.15) is 0 Å². The Morgan fingerprint density at radius 3 is 2.69 bits per heavy atom. The first-order chi connectivity index (χ1) is 14.0. The third kappa shape index (κ3) is 5.89. The summed E-state index contributed by atoms with van der Waals surface area (Å²) in [5.41, 5.74) is 1.85. The van der Waals surface area contributed by atoms with Crippen molar-refractivity contribution in [3.8, 4) is 11.4 Å². The monoisotopic (exact) mass is 412 g/mol. The van der Waals surface area contributed by atoms with Gasteiger partial charge in [-0.3, -0.25) is 9.59 Å². The maximum atomic E-state index is 12.2. The molecule has 0 aliphatic heterocycles. The molecule has 0 fully saturated rings. The third-order valence-corrected chi connectivity index (χ3v) is 4.33. The van der Waals surface area contributed by atoms with Crippen molar-refractivity contribution in [1.29, 1.82) is 0 Å². The molecule has 7 nitrogen and oxygen atoms in total. The largest absolute Gasteiger partial charge is 0.352 e. The van der Waals surface area contributed by atoms with Crippen LogP contribution in [0.3, 0.4) is 0 Å². The Labute approximate surface area is 173 Å². The number of aromatic nitrogens is 2. The number of halogens is 1. The number of carbonyl (C=O) groups is 2. The maximum Gasteiger partial charge on any atom is 0.251 e. The van der Waals surface area contributed by atoms with Gasteiger partial charge in [0.15, 0.2) is 0 Å². The zero-order valence-corrected chi connectivity index (χ0v) is 16.7. The van der Waals surface area contributed by atoms with Crippen molar-refractivity contribution in [2.24, 2.45) is 0 Å². The van der Waals surface area contributed by atoms with Crippen molar-refractivity contribution in [1.82, 2.24) is 15.5 Å². The minimum atomic E-state index is -0.206. The molecule has 8 heteroatoms. The number of hydrogen-bond donors (Lipinski definition) is 2. The Hall–Kier alpha value is -3.19. The fourth-order valence-electron chi connectivity index (χ4n) is 2.60. The van der Waals surface area contributed by atoms with E-state index in [1.807, 2.05) is 6.92 Å². The Balaban J connectivity index is 1.54. The van der Waals surface area contributed by atoms with Gasteiger partial charge in [0.25, 0.3) is 5.91 Å². The predicted octanol–water partition coefficient (Wildman–Crippen LogP) is 4.10. The first-order valence-corrected chi connectivity index (χ1v) is 9.69. The standard InChI is InChI=1S/C21H21ClN4O3/c1-2-12-23-21(28)15-4-3-5-17(13-15)24-18(27)10-11-19-25-20(26-29-19)14-6-8-16(22)9-7-14/h3-9,13H,2,10-12H2,1H3,(H,23,28)(H,24,27). The molecule has 3 aromatic rings. The van der Waals surface area contributed by atoms with Crippen molar-refractivity contribution in [2.45, 2.75) is 26.2 Å². The molecule has 29 heavy (non-hydrogen) atoms. The molecule has 150 valence electrons. The molecule has 0 spiro atoms. The summed E-state index contributed by atoms with van der Waals surface area (Å²) in [5.74, 6) is 0.451. The lowest BCUT2D eigenvalue weighted by Gasteiger charge is -2.07. The zero-order chi connectivity index (χ0) is 20.6. The van der Waals surface area contributed by atoms with Gasteiger partial charge in [-0.2, -0.15) is 4.98 Å². The number of aryl methyl sites for hydroxylation is 1. The van der Waals surface area contributed by atoms with Gasteiger partial charge in [-0.05, 0) is 48.9 Å². The van der Waals surface area contributed by atoms with E-state index in [4.69, 9.17) is 16.1 Å². The van der Waals surface area contributed by atoms with Crippen LogP contribution in [0.5, 0.6) is 0 Å². The van der Waals surface area contributed by atoms with Crippen LogP contribution in [0.2, 0.25) is 5.02 Å². The Kier molecular flexibility index (Phi) is 6.97. The van der Waals surface area contributed by atoms with Crippen LogP contribution in [0, 0.1) is 0 Å². The van der Waals surface area contributed by atoms with Crippen LogP contribution in [-0.4, -0.2) is 28.5 Å². The number of nitrogens with zero attached hydrogens (tertiary/aromatic N) is 2. The minimum absolute atomic E-state index is 0.163. The van der Waals surface area contributed by atoms with Crippen LogP contribution in [-0.2, 0) is 11.2 Å². The normalized spacial score (nSPS) is 10.6. The van der Waals surface area contributed by atoms with Crippen molar-refractivity contribution in [3.05, 3.63) is 65.0 Å². The molecule has 0 radical (unpaired) electrons. The molecule has 0 atom stereocenters. The van der Waals surface area contributed by atoms with Gasteiger partial charge in [0.2, 0.25) is 17.6 Å². The Morgan fingerprint density at radius 1 is 1.14 bits per heavy atom. The van der Waals surface area contributed by atoms with Crippen molar-refractivity contribution >= 4 is 29.1 Å². The molecule has 2 aromatic carbocycles. The van der Waals surface area contributed by atoms with Crippen molar-refractivity contribution in [3.63, 3.8) is 0 Å². The summed E-state index contributed by atoms with van der Waals surface area (Å²) < 4.78 is 5.21. The van der Waals surface area contributed by atoms with Gasteiger partial charge in [0, 0.05) is 41.2 Å². The summed E-state index contributed by atoms with van der Waals surface area (Å²) >= 11 is 5.87. The average molecular weight is 413 g/mol. The third-order valence-electron chi connectivity index (χ3n) is 4.08. The highest BCUT2D eigenvalue weighted by molar-refractivity contribution is 6.30. The molecule has 2 N–H and O–H groups in total. The summed E-state index contributed by atoms with van der Waals surface area (Å²) in [6, 6.07) is 13.9. The summed E-state index contributed by atoms with van der Waals surface area (Å²) in [7, 11) is 0. The molecular formula is C21H21ClN4O3. The summed E-state index contributed by atoms with van der Waals surface area (Å²) in [4.78, 5) is 28.6. The predicted molar refractivity (Wildman–Crippen MR) is 111 cm³/mol. The number of benzene rings is 2. The summed E-state index contributed by atoms with van der Waals surface area (Å²) in [5, 5.41) is 10.1. The highest BCUT2D eigenvalue weighted by atomic mass is 35.5. The molecule has 0 aliphatic rings. The number of amides is 2. The molecule has 3 rings (SSSR count). The fraction of sp³-hybridized carbons (Fsp3) is 0.238. The zero-order valence-electron chi connectivity index (χ0n) is 15.9. The Morgan fingerprint density at radius 2 is 1.93 bits per heavy atom. The SMILES string of the molecule is CCCNC(=O)c1cccc(NC(=O)CCc2nc(-c3ccc(Cl)cc3)no2)c1. The number of carbonyl (C=O) groups excluding carboxylic acids is 2. The number of nitrogens with one attached hydrogen (secondary N) is 2. The van der Waals surface area contributed by atoms with Gasteiger partial charge in [-0.25, -0.2) is 0 Å². The van der Waals surface area contributed by atoms with E-state index >= 15 is 0 Å². The van der Waals surface area contributed by atoms with Crippen LogP contribution in [0.15, 0.2) is 53.1 Å². The first kappa shape index (κ1) is 20.5. The summed E-state index contributed by atoms with van der Waals surface area (Å²) in [6.45, 7) is 2.59. The maximum absolute atomic E-state index is 12.2. The van der Waals surface area contributed by atoms with Crippen LogP contribution in [0.1, 0.15) is 36.0 Å². The molecule has 0 saturated heterocycles. The lowest BCUT2D eigenvalue weighted by molar-refractivity contribution is -0.116. The van der Waals surface area contributed by atoms with E-state index < -0.39 is 0 Å². The molecule has 0 aliphatic carbocycles. The van der Waals surface area contributed by atoms with E-state index in [1.165, 1.54) is 0 Å². The second kappa shape index (κ2) is 9.84. The summed E-state index contributed by atoms with van der Waals surface area (Å²) in [6.07, 6.45) is 1.34. The lowest BCUT2D eigenvalue weighted by atomic mass is 10.2. The van der Waals surface area contributed by atoms with E-state index in [1.54, 1.807) is 48.5 Å². The number of anilines is 1. The van der Waals surface area contributed by atoms with Gasteiger partial charge in [-0.1, -0.05) is 29.7 Å². The molecule has 0 saturated carbocycles. The first-order valence-electron chi connectivity index (χ1n) is 9.32. The molecule has 1 aromatic heterocycles. The van der Waals surface area contributed by atoms with Crippen LogP contribution in [0.4, 0.5) is 5.69 Å². The number of hydrogen-bond acceptors (Lipinski definition) is 5. The second-order valence-electron chi connectivity index (χ2n) is 6.40. The van der Waals surface area contributed by atoms with Gasteiger partial charge in [0.05, 0.1) is 0 Å². The molecule has 0 unspecified atom stereocenters. The van der Waals surface area contributed by atoms with E-state index in [-0.39, 0.29) is 18.2 Å².